The van der Waals surface area contributed by atoms with Gasteiger partial charge in [-0.05, 0) is 0 Å². The number of nitrogens with two attached hydrogens (primary N) is 2. The molecule has 0 aromatic carbocycles. The van der Waals surface area contributed by atoms with Gasteiger partial charge in [0.1, 0.15) is 17.1 Å². The number of nitrogens with one attached hydrogen (secondary N) is 1. The number of carboxylic acids is 1. The van der Waals surface area contributed by atoms with Gasteiger partial charge in [0.25, 0.3) is 18.7 Å². The summed E-state index contributed by atoms with van der Waals surface area (Å²) in [6.07, 6.45) is 1.33. The van der Waals surface area contributed by atoms with E-state index in [0.29, 0.717) is 18.7 Å². The Morgan fingerprint density at radius 1 is 1.41 bits per heavy atom. The van der Waals surface area contributed by atoms with Crippen LogP contribution in [0.3, 0.4) is 0 Å². The molecule has 4 rings (SSSR count). The lowest BCUT2D eigenvalue weighted by atomic mass is 10.0. The second kappa shape index (κ2) is 9.59. The molecule has 15 nitrogen and oxygen atoms in total. The van der Waals surface area contributed by atoms with Crippen molar-refractivity contribution in [3.63, 3.8) is 0 Å². The maximum Gasteiger partial charge on any atom is 0.353 e. The molecule has 0 radical (unpaired) electrons. The minimum absolute atomic E-state index is 0.0388. The number of carboxylic acid groups (broad SMARTS) is 1. The first-order chi connectivity index (χ1) is 16.3. The fourth-order valence-corrected chi connectivity index (χ4v) is 5.00. The maximum absolute atomic E-state index is 12.8. The Balaban J connectivity index is 1.51. The average Bonchev–Trinajstić information content (AvgIpc) is 3.43. The van der Waals surface area contributed by atoms with Crippen molar-refractivity contribution >= 4 is 64.1 Å². The Bertz CT molecular complexity index is 1150. The first kappa shape index (κ1) is 23.4. The second-order valence-electron chi connectivity index (χ2n) is 6.78. The molecule has 3 aliphatic heterocycles. The number of halogens is 1. The zero-order valence-corrected chi connectivity index (χ0v) is 18.8. The lowest BCUT2D eigenvalue weighted by Gasteiger charge is -2.49. The first-order valence-electron chi connectivity index (χ1n) is 9.50. The summed E-state index contributed by atoms with van der Waals surface area (Å²) in [5.41, 5.74) is 10.8. The molecule has 2 amide bonds. The number of anilines is 1. The molecule has 0 saturated carbocycles. The molecule has 6 N–H and O–H groups in total. The maximum atomic E-state index is 12.8. The number of alkyl halides is 1. The van der Waals surface area contributed by atoms with Crippen molar-refractivity contribution in [3.8, 4) is 0 Å². The molecular formula is C16H17FN10O5S2. The van der Waals surface area contributed by atoms with Gasteiger partial charge in [-0.2, -0.15) is 14.5 Å². The van der Waals surface area contributed by atoms with E-state index in [1.54, 1.807) is 0 Å². The largest absolute Gasteiger partial charge is 0.477 e. The number of fused-ring (bicyclic) bond motifs is 1. The summed E-state index contributed by atoms with van der Waals surface area (Å²) >= 11 is 2.01. The number of hydrogen-bond donors (Lipinski definition) is 4. The molecule has 34 heavy (non-hydrogen) atoms. The topological polar surface area (TPSA) is 214 Å². The Labute approximate surface area is 198 Å². The molecule has 3 aliphatic rings. The number of carbonyl (C=O) groups excluding carboxylic acids is 2. The number of hydrogen-bond acceptors (Lipinski definition) is 14. The molecule has 4 heterocycles. The summed E-state index contributed by atoms with van der Waals surface area (Å²) in [7, 11) is 0. The smallest absolute Gasteiger partial charge is 0.353 e. The Morgan fingerprint density at radius 3 is 2.82 bits per heavy atom. The number of nitrogen functional groups attached to an aromatic ring is 1. The quantitative estimate of drug-likeness (QED) is 0.172. The molecular weight excluding hydrogens is 495 g/mol. The van der Waals surface area contributed by atoms with Crippen molar-refractivity contribution in [1.82, 2.24) is 24.6 Å². The molecule has 1 aromatic heterocycles. The van der Waals surface area contributed by atoms with Gasteiger partial charge in [0.2, 0.25) is 17.5 Å². The summed E-state index contributed by atoms with van der Waals surface area (Å²) in [6.45, 7) is -0.376. The highest BCUT2D eigenvalue weighted by Crippen LogP contribution is 2.40. The summed E-state index contributed by atoms with van der Waals surface area (Å²) in [6, 6.07) is -1.07. The Hall–Kier alpha value is -3.80. The second-order valence-corrected chi connectivity index (χ2v) is 8.67. The summed E-state index contributed by atoms with van der Waals surface area (Å²) < 4.78 is 16.3. The number of aliphatic imine (C=N–C) groups is 1. The van der Waals surface area contributed by atoms with Crippen LogP contribution >= 0.6 is 23.3 Å². The van der Waals surface area contributed by atoms with E-state index in [1.807, 2.05) is 0 Å². The normalized spacial score (nSPS) is 22.6. The monoisotopic (exact) mass is 512 g/mol. The van der Waals surface area contributed by atoms with Crippen molar-refractivity contribution in [2.24, 2.45) is 21.0 Å². The number of aromatic nitrogens is 2. The first-order valence-corrected chi connectivity index (χ1v) is 11.3. The molecule has 1 fully saturated rings. The summed E-state index contributed by atoms with van der Waals surface area (Å²) in [5, 5.41) is 20.5. The molecule has 0 spiro atoms. The number of hydrazone groups is 1. The lowest BCUT2D eigenvalue weighted by Crippen LogP contribution is -2.71. The highest BCUT2D eigenvalue weighted by molar-refractivity contribution is 8.00. The van der Waals surface area contributed by atoms with E-state index in [-0.39, 0.29) is 28.4 Å². The minimum Gasteiger partial charge on any atom is -0.477 e. The van der Waals surface area contributed by atoms with Gasteiger partial charge in [0, 0.05) is 22.9 Å². The number of aliphatic carboxylic acids is 1. The fraction of sp³-hybridized carbons (Fsp3) is 0.375. The van der Waals surface area contributed by atoms with Crippen molar-refractivity contribution in [2.45, 2.75) is 11.4 Å². The van der Waals surface area contributed by atoms with Gasteiger partial charge in [-0.1, -0.05) is 5.16 Å². The SMILES string of the molecule is NC1=NCCN1N=CC1=C(C(=O)O)N2C(=O)C(NC(=O)/C(=N\OCF)c3nsc(N)n3)[C@@H]2SC1. The third kappa shape index (κ3) is 4.36. The number of rotatable bonds is 8. The van der Waals surface area contributed by atoms with Crippen molar-refractivity contribution in [2.75, 3.05) is 31.4 Å². The molecule has 180 valence electrons. The Morgan fingerprint density at radius 2 is 2.21 bits per heavy atom. The van der Waals surface area contributed by atoms with E-state index >= 15 is 0 Å². The van der Waals surface area contributed by atoms with Crippen molar-refractivity contribution < 1.29 is 28.7 Å². The molecule has 1 unspecified atom stereocenters. The standard InChI is InChI=1S/C16H17FN10O5S2/c17-5-32-24-7(10-23-16(19)34-25-10)11(28)22-8-12(29)27-9(14(30)31)6(4-33-13(8)27)3-21-26-2-1-20-15(26)18/h3,8,13H,1-2,4-5H2,(H2,18,20)(H,22,28)(H,30,31)(H2,19,23,25)/b21-3?,24-7-/t8?,13-/m0/s1. The highest BCUT2D eigenvalue weighted by Gasteiger charge is 2.54. The zero-order valence-electron chi connectivity index (χ0n) is 17.1. The molecule has 0 bridgehead atoms. The van der Waals surface area contributed by atoms with Crippen molar-refractivity contribution in [3.05, 3.63) is 17.1 Å². The van der Waals surface area contributed by atoms with Crippen molar-refractivity contribution in [1.29, 1.82) is 0 Å². The van der Waals surface area contributed by atoms with Crippen LogP contribution in [0.1, 0.15) is 5.82 Å². The van der Waals surface area contributed by atoms with Gasteiger partial charge in [-0.15, -0.1) is 11.8 Å². The number of nitrogens with zero attached hydrogens (tertiary/aromatic N) is 7. The number of β-lactam (4-membered cyclic amide) rings is 1. The van der Waals surface area contributed by atoms with Crippen LogP contribution in [0.5, 0.6) is 0 Å². The van der Waals surface area contributed by atoms with E-state index < -0.39 is 41.8 Å². The summed E-state index contributed by atoms with van der Waals surface area (Å²) in [5.74, 6) is -2.69. The van der Waals surface area contributed by atoms with Crippen LogP contribution in [0, 0.1) is 0 Å². The van der Waals surface area contributed by atoms with Crippen LogP contribution in [-0.4, -0.2) is 97.2 Å². The van der Waals surface area contributed by atoms with Crippen LogP contribution < -0.4 is 16.8 Å². The van der Waals surface area contributed by atoms with Gasteiger partial charge < -0.3 is 26.7 Å². The molecule has 18 heteroatoms. The van der Waals surface area contributed by atoms with E-state index in [4.69, 9.17) is 11.5 Å². The van der Waals surface area contributed by atoms with Gasteiger partial charge >= 0.3 is 5.97 Å². The van der Waals surface area contributed by atoms with Gasteiger partial charge in [0.05, 0.1) is 19.3 Å². The molecule has 1 saturated heterocycles. The lowest BCUT2D eigenvalue weighted by molar-refractivity contribution is -0.150. The van der Waals surface area contributed by atoms with Crippen LogP contribution in [0.4, 0.5) is 9.52 Å². The van der Waals surface area contributed by atoms with Gasteiger partial charge in [0.15, 0.2) is 5.13 Å². The third-order valence-corrected chi connectivity index (χ3v) is 6.61. The highest BCUT2D eigenvalue weighted by atomic mass is 32.2. The van der Waals surface area contributed by atoms with E-state index in [2.05, 4.69) is 34.8 Å². The van der Waals surface area contributed by atoms with Crippen LogP contribution in [-0.2, 0) is 19.2 Å². The average molecular weight is 513 g/mol. The minimum atomic E-state index is -1.33. The summed E-state index contributed by atoms with van der Waals surface area (Å²) in [4.78, 5) is 50.6. The predicted octanol–water partition coefficient (Wildman–Crippen LogP) is -1.88. The van der Waals surface area contributed by atoms with Gasteiger partial charge in [-0.3, -0.25) is 14.5 Å². The third-order valence-electron chi connectivity index (χ3n) is 4.76. The predicted molar refractivity (Wildman–Crippen MR) is 119 cm³/mol. The number of oxime groups is 1. The fourth-order valence-electron chi connectivity index (χ4n) is 3.27. The van der Waals surface area contributed by atoms with E-state index in [9.17, 15) is 23.9 Å². The molecule has 2 atom stereocenters. The van der Waals surface area contributed by atoms with E-state index in [1.165, 1.54) is 23.0 Å². The molecule has 0 aliphatic carbocycles. The van der Waals surface area contributed by atoms with Crippen LogP contribution in [0.25, 0.3) is 0 Å². The van der Waals surface area contributed by atoms with Crippen LogP contribution in [0.15, 0.2) is 26.5 Å². The van der Waals surface area contributed by atoms with Gasteiger partial charge in [-0.25, -0.2) is 19.2 Å². The zero-order chi connectivity index (χ0) is 24.4. The number of guanidine groups is 1. The Kier molecular flexibility index (Phi) is 6.59. The molecule has 1 aromatic rings. The van der Waals surface area contributed by atoms with E-state index in [0.717, 1.165) is 16.4 Å². The number of thioether (sulfide) groups is 1. The number of amides is 2. The van der Waals surface area contributed by atoms with Crippen LogP contribution in [0.2, 0.25) is 0 Å². The number of carbonyl (C=O) groups is 3.